The van der Waals surface area contributed by atoms with Gasteiger partial charge in [-0.2, -0.15) is 0 Å². The smallest absolute Gasteiger partial charge is 0.317 e. The molecule has 0 unspecified atom stereocenters. The molecular formula is C17H24N2O4. The average Bonchev–Trinajstić information content (AvgIpc) is 2.93. The van der Waals surface area contributed by atoms with Crippen LogP contribution in [0.2, 0.25) is 0 Å². The van der Waals surface area contributed by atoms with Gasteiger partial charge in [0, 0.05) is 24.2 Å². The molecule has 1 heterocycles. The lowest BCUT2D eigenvalue weighted by atomic mass is 10.0. The summed E-state index contributed by atoms with van der Waals surface area (Å²) in [6, 6.07) is 7.20. The second-order valence-corrected chi connectivity index (χ2v) is 6.16. The summed E-state index contributed by atoms with van der Waals surface area (Å²) < 4.78 is 5.57. The number of nitrogens with one attached hydrogen (secondary N) is 1. The monoisotopic (exact) mass is 320 g/mol. The van der Waals surface area contributed by atoms with Crippen LogP contribution in [0.25, 0.3) is 0 Å². The maximum atomic E-state index is 12.6. The fourth-order valence-corrected chi connectivity index (χ4v) is 2.69. The fourth-order valence-electron chi connectivity index (χ4n) is 2.69. The van der Waals surface area contributed by atoms with Crippen LogP contribution in [0, 0.1) is 0 Å². The van der Waals surface area contributed by atoms with E-state index in [9.17, 15) is 9.59 Å². The first-order valence-electron chi connectivity index (χ1n) is 7.92. The van der Waals surface area contributed by atoms with Crippen molar-refractivity contribution in [2.75, 3.05) is 26.2 Å². The van der Waals surface area contributed by atoms with Gasteiger partial charge in [0.2, 0.25) is 0 Å². The Morgan fingerprint density at radius 1 is 1.43 bits per heavy atom. The van der Waals surface area contributed by atoms with E-state index in [-0.39, 0.29) is 18.0 Å². The Morgan fingerprint density at radius 3 is 2.91 bits per heavy atom. The summed E-state index contributed by atoms with van der Waals surface area (Å²) in [5.41, 5.74) is 0.241. The van der Waals surface area contributed by atoms with Crippen molar-refractivity contribution in [1.29, 1.82) is 0 Å². The van der Waals surface area contributed by atoms with Gasteiger partial charge in [-0.25, -0.2) is 0 Å². The lowest BCUT2D eigenvalue weighted by molar-refractivity contribution is -0.136. The van der Waals surface area contributed by atoms with E-state index in [2.05, 4.69) is 5.32 Å². The molecular weight excluding hydrogens is 296 g/mol. The standard InChI is InChI=1S/C17H24N2O4/c1-3-9-23-14-6-4-5-13(10-14)16(22)19-8-7-17(2,12-19)18-11-15(20)21/h4-6,10,18H,3,7-9,11-12H2,1-2H3,(H,20,21)/t17-/m0/s1. The Balaban J connectivity index is 2.00. The van der Waals surface area contributed by atoms with Gasteiger partial charge in [0.15, 0.2) is 0 Å². The summed E-state index contributed by atoms with van der Waals surface area (Å²) >= 11 is 0. The van der Waals surface area contributed by atoms with E-state index in [4.69, 9.17) is 9.84 Å². The Hall–Kier alpha value is -2.08. The molecule has 2 N–H and O–H groups in total. The van der Waals surface area contributed by atoms with Gasteiger partial charge in [0.25, 0.3) is 5.91 Å². The highest BCUT2D eigenvalue weighted by Gasteiger charge is 2.36. The third-order valence-corrected chi connectivity index (χ3v) is 3.98. The molecule has 2 rings (SSSR count). The van der Waals surface area contributed by atoms with E-state index < -0.39 is 5.97 Å². The second-order valence-electron chi connectivity index (χ2n) is 6.16. The van der Waals surface area contributed by atoms with Gasteiger partial charge < -0.3 is 14.7 Å². The van der Waals surface area contributed by atoms with E-state index in [1.54, 1.807) is 17.0 Å². The number of amides is 1. The minimum atomic E-state index is -0.892. The highest BCUT2D eigenvalue weighted by Crippen LogP contribution is 2.23. The molecule has 1 saturated heterocycles. The van der Waals surface area contributed by atoms with Crippen molar-refractivity contribution in [3.8, 4) is 5.75 Å². The Bertz CT molecular complexity index is 575. The molecule has 0 saturated carbocycles. The normalized spacial score (nSPS) is 20.5. The Labute approximate surface area is 136 Å². The van der Waals surface area contributed by atoms with Gasteiger partial charge in [-0.05, 0) is 38.0 Å². The van der Waals surface area contributed by atoms with Crippen LogP contribution >= 0.6 is 0 Å². The topological polar surface area (TPSA) is 78.9 Å². The zero-order chi connectivity index (χ0) is 16.9. The van der Waals surface area contributed by atoms with Crippen LogP contribution in [0.15, 0.2) is 24.3 Å². The maximum absolute atomic E-state index is 12.6. The van der Waals surface area contributed by atoms with Crippen molar-refractivity contribution < 1.29 is 19.4 Å². The summed E-state index contributed by atoms with van der Waals surface area (Å²) in [6.07, 6.45) is 1.65. The number of nitrogens with zero attached hydrogens (tertiary/aromatic N) is 1. The van der Waals surface area contributed by atoms with Crippen LogP contribution in [0.5, 0.6) is 5.75 Å². The Morgan fingerprint density at radius 2 is 2.22 bits per heavy atom. The number of carboxylic acids is 1. The molecule has 1 fully saturated rings. The third kappa shape index (κ3) is 4.69. The first kappa shape index (κ1) is 17.3. The fraction of sp³-hybridized carbons (Fsp3) is 0.529. The van der Waals surface area contributed by atoms with E-state index in [0.717, 1.165) is 12.8 Å². The van der Waals surface area contributed by atoms with Gasteiger partial charge in [0.1, 0.15) is 5.75 Å². The predicted octanol–water partition coefficient (Wildman–Crippen LogP) is 1.75. The lowest BCUT2D eigenvalue weighted by Gasteiger charge is -2.25. The van der Waals surface area contributed by atoms with Crippen LogP contribution in [-0.2, 0) is 4.79 Å². The number of likely N-dealkylation sites (tertiary alicyclic amines) is 1. The van der Waals surface area contributed by atoms with Crippen molar-refractivity contribution in [3.63, 3.8) is 0 Å². The molecule has 6 nitrogen and oxygen atoms in total. The molecule has 1 aliphatic heterocycles. The SMILES string of the molecule is CCCOc1cccc(C(=O)N2CC[C@](C)(NCC(=O)O)C2)c1. The quantitative estimate of drug-likeness (QED) is 0.800. The van der Waals surface area contributed by atoms with Gasteiger partial charge in [-0.3, -0.25) is 14.9 Å². The maximum Gasteiger partial charge on any atom is 0.317 e. The van der Waals surface area contributed by atoms with E-state index in [1.807, 2.05) is 26.0 Å². The molecule has 1 aromatic rings. The minimum Gasteiger partial charge on any atom is -0.494 e. The number of benzene rings is 1. The summed E-state index contributed by atoms with van der Waals surface area (Å²) in [6.45, 7) is 5.62. The number of carbonyl (C=O) groups is 2. The molecule has 0 aliphatic carbocycles. The number of carbonyl (C=O) groups excluding carboxylic acids is 1. The molecule has 0 bridgehead atoms. The molecule has 1 amide bonds. The second kappa shape index (κ2) is 7.46. The van der Waals surface area contributed by atoms with Crippen LogP contribution in [0.1, 0.15) is 37.0 Å². The first-order valence-corrected chi connectivity index (χ1v) is 7.92. The van der Waals surface area contributed by atoms with Gasteiger partial charge >= 0.3 is 5.97 Å². The molecule has 1 aromatic carbocycles. The molecule has 126 valence electrons. The molecule has 0 aromatic heterocycles. The Kier molecular flexibility index (Phi) is 5.60. The van der Waals surface area contributed by atoms with Crippen molar-refractivity contribution in [2.45, 2.75) is 32.2 Å². The number of ether oxygens (including phenoxy) is 1. The highest BCUT2D eigenvalue weighted by molar-refractivity contribution is 5.94. The number of hydrogen-bond acceptors (Lipinski definition) is 4. The molecule has 0 spiro atoms. The lowest BCUT2D eigenvalue weighted by Crippen LogP contribution is -2.47. The van der Waals surface area contributed by atoms with E-state index in [1.165, 1.54) is 0 Å². The number of carboxylic acid groups (broad SMARTS) is 1. The first-order chi connectivity index (χ1) is 10.9. The number of rotatable bonds is 7. The average molecular weight is 320 g/mol. The molecule has 23 heavy (non-hydrogen) atoms. The zero-order valence-corrected chi connectivity index (χ0v) is 13.7. The molecule has 1 aliphatic rings. The number of hydrogen-bond donors (Lipinski definition) is 2. The van der Waals surface area contributed by atoms with E-state index >= 15 is 0 Å². The summed E-state index contributed by atoms with van der Waals surface area (Å²) in [5.74, 6) is -0.242. The predicted molar refractivity (Wildman–Crippen MR) is 86.8 cm³/mol. The summed E-state index contributed by atoms with van der Waals surface area (Å²) in [4.78, 5) is 25.1. The van der Waals surface area contributed by atoms with Crippen molar-refractivity contribution in [1.82, 2.24) is 10.2 Å². The van der Waals surface area contributed by atoms with Gasteiger partial charge in [-0.15, -0.1) is 0 Å². The third-order valence-electron chi connectivity index (χ3n) is 3.98. The van der Waals surface area contributed by atoms with Gasteiger partial charge in [0.05, 0.1) is 13.2 Å². The highest BCUT2D eigenvalue weighted by atomic mass is 16.5. The van der Waals surface area contributed by atoms with Crippen molar-refractivity contribution in [3.05, 3.63) is 29.8 Å². The van der Waals surface area contributed by atoms with Crippen LogP contribution < -0.4 is 10.1 Å². The van der Waals surface area contributed by atoms with Crippen molar-refractivity contribution in [2.24, 2.45) is 0 Å². The summed E-state index contributed by atoms with van der Waals surface area (Å²) in [7, 11) is 0. The van der Waals surface area contributed by atoms with E-state index in [0.29, 0.717) is 31.0 Å². The van der Waals surface area contributed by atoms with Gasteiger partial charge in [-0.1, -0.05) is 13.0 Å². The summed E-state index contributed by atoms with van der Waals surface area (Å²) in [5, 5.41) is 11.8. The number of aliphatic carboxylic acids is 1. The molecule has 0 radical (unpaired) electrons. The molecule has 6 heteroatoms. The molecule has 1 atom stereocenters. The largest absolute Gasteiger partial charge is 0.494 e. The van der Waals surface area contributed by atoms with Crippen LogP contribution in [0.3, 0.4) is 0 Å². The zero-order valence-electron chi connectivity index (χ0n) is 13.7. The van der Waals surface area contributed by atoms with Crippen LogP contribution in [-0.4, -0.2) is 53.7 Å². The van der Waals surface area contributed by atoms with Crippen LogP contribution in [0.4, 0.5) is 0 Å². The minimum absolute atomic E-state index is 0.0483. The van der Waals surface area contributed by atoms with Crippen molar-refractivity contribution >= 4 is 11.9 Å².